The number of fused-ring (bicyclic) bond motifs is 3. The third kappa shape index (κ3) is 2.92. The first-order valence-corrected chi connectivity index (χ1v) is 8.16. The predicted molar refractivity (Wildman–Crippen MR) is 89.7 cm³/mol. The average Bonchev–Trinajstić information content (AvgIpc) is 2.88. The number of nitrogens with one attached hydrogen (secondary N) is 1. The SMILES string of the molecule is CNC(=O)CCCOc1ccc2c(c1)C(O)(C(F)(F)F)c1ccccc1-2. The lowest BCUT2D eigenvalue weighted by molar-refractivity contribution is -0.246. The summed E-state index contributed by atoms with van der Waals surface area (Å²) in [6.07, 6.45) is -4.17. The van der Waals surface area contributed by atoms with Gasteiger partial charge in [-0.3, -0.25) is 4.79 Å². The van der Waals surface area contributed by atoms with Crippen molar-refractivity contribution < 1.29 is 27.8 Å². The summed E-state index contributed by atoms with van der Waals surface area (Å²) in [6.45, 7) is 0.184. The van der Waals surface area contributed by atoms with E-state index in [1.54, 1.807) is 18.2 Å². The molecule has 7 heteroatoms. The Morgan fingerprint density at radius 1 is 1.15 bits per heavy atom. The smallest absolute Gasteiger partial charge is 0.425 e. The summed E-state index contributed by atoms with van der Waals surface area (Å²) >= 11 is 0. The molecule has 0 saturated carbocycles. The van der Waals surface area contributed by atoms with Gasteiger partial charge in [0.1, 0.15) is 5.75 Å². The van der Waals surface area contributed by atoms with Gasteiger partial charge in [0.15, 0.2) is 0 Å². The number of benzene rings is 2. The highest BCUT2D eigenvalue weighted by molar-refractivity contribution is 5.81. The first kappa shape index (κ1) is 18.3. The Labute approximate surface area is 148 Å². The van der Waals surface area contributed by atoms with Gasteiger partial charge in [-0.2, -0.15) is 13.2 Å². The van der Waals surface area contributed by atoms with Gasteiger partial charge >= 0.3 is 6.18 Å². The number of carbonyl (C=O) groups excluding carboxylic acids is 1. The molecule has 1 unspecified atom stereocenters. The Balaban J connectivity index is 1.90. The van der Waals surface area contributed by atoms with Gasteiger partial charge in [-0.1, -0.05) is 30.3 Å². The second-order valence-corrected chi connectivity index (χ2v) is 6.09. The van der Waals surface area contributed by atoms with Crippen LogP contribution in [0.25, 0.3) is 11.1 Å². The maximum atomic E-state index is 13.7. The van der Waals surface area contributed by atoms with Crippen molar-refractivity contribution in [2.75, 3.05) is 13.7 Å². The zero-order valence-electron chi connectivity index (χ0n) is 14.1. The van der Waals surface area contributed by atoms with Crippen molar-refractivity contribution in [3.05, 3.63) is 53.6 Å². The van der Waals surface area contributed by atoms with E-state index < -0.39 is 11.8 Å². The minimum atomic E-state index is -4.87. The summed E-state index contributed by atoms with van der Waals surface area (Å²) < 4.78 is 46.7. The number of aliphatic hydroxyl groups is 1. The highest BCUT2D eigenvalue weighted by atomic mass is 19.4. The molecule has 4 nitrogen and oxygen atoms in total. The van der Waals surface area contributed by atoms with E-state index in [1.807, 2.05) is 0 Å². The lowest BCUT2D eigenvalue weighted by atomic mass is 9.91. The number of hydrogen-bond acceptors (Lipinski definition) is 3. The van der Waals surface area contributed by atoms with Crippen molar-refractivity contribution in [2.24, 2.45) is 0 Å². The lowest BCUT2D eigenvalue weighted by Gasteiger charge is -2.28. The second-order valence-electron chi connectivity index (χ2n) is 6.09. The molecule has 2 aromatic carbocycles. The Morgan fingerprint density at radius 3 is 2.54 bits per heavy atom. The third-order valence-electron chi connectivity index (χ3n) is 4.49. The van der Waals surface area contributed by atoms with Crippen LogP contribution in [-0.4, -0.2) is 30.8 Å². The van der Waals surface area contributed by atoms with Crippen LogP contribution in [0.2, 0.25) is 0 Å². The monoisotopic (exact) mass is 365 g/mol. The van der Waals surface area contributed by atoms with Crippen LogP contribution < -0.4 is 10.1 Å². The van der Waals surface area contributed by atoms with Crippen molar-refractivity contribution in [3.63, 3.8) is 0 Å². The number of hydrogen-bond donors (Lipinski definition) is 2. The van der Waals surface area contributed by atoms with Crippen molar-refractivity contribution >= 4 is 5.91 Å². The molecule has 3 rings (SSSR count). The fourth-order valence-corrected chi connectivity index (χ4v) is 3.18. The van der Waals surface area contributed by atoms with E-state index in [4.69, 9.17) is 4.74 Å². The summed E-state index contributed by atoms with van der Waals surface area (Å²) in [5.74, 6) is 0.0839. The Kier molecular flexibility index (Phi) is 4.66. The van der Waals surface area contributed by atoms with E-state index in [-0.39, 0.29) is 35.8 Å². The zero-order valence-corrected chi connectivity index (χ0v) is 14.1. The van der Waals surface area contributed by atoms with E-state index in [0.717, 1.165) is 0 Å². The van der Waals surface area contributed by atoms with Crippen LogP contribution in [0.4, 0.5) is 13.2 Å². The standard InChI is InChI=1S/C19H18F3NO3/c1-23-17(24)7-4-10-26-12-8-9-14-13-5-2-3-6-15(13)18(25,16(14)11-12)19(20,21)22/h2-3,5-6,8-9,11,25H,4,7,10H2,1H3,(H,23,24). The summed E-state index contributed by atoms with van der Waals surface area (Å²) in [7, 11) is 1.53. The zero-order chi connectivity index (χ0) is 18.9. The Morgan fingerprint density at radius 2 is 1.85 bits per heavy atom. The molecule has 0 spiro atoms. The van der Waals surface area contributed by atoms with Crippen LogP contribution in [-0.2, 0) is 10.4 Å². The molecule has 0 fully saturated rings. The average molecular weight is 365 g/mol. The highest BCUT2D eigenvalue weighted by Gasteiger charge is 2.60. The normalized spacial score (nSPS) is 18.2. The predicted octanol–water partition coefficient (Wildman–Crippen LogP) is 3.37. The quantitative estimate of drug-likeness (QED) is 0.799. The third-order valence-corrected chi connectivity index (χ3v) is 4.49. The lowest BCUT2D eigenvalue weighted by Crippen LogP contribution is -2.41. The van der Waals surface area contributed by atoms with Gasteiger partial charge in [-0.15, -0.1) is 0 Å². The molecule has 0 aromatic heterocycles. The summed E-state index contributed by atoms with van der Waals surface area (Å²) in [6, 6.07) is 10.3. The van der Waals surface area contributed by atoms with Gasteiger partial charge in [-0.25, -0.2) is 0 Å². The molecule has 0 saturated heterocycles. The fourth-order valence-electron chi connectivity index (χ4n) is 3.18. The molecular weight excluding hydrogens is 347 g/mol. The van der Waals surface area contributed by atoms with Gasteiger partial charge in [0.05, 0.1) is 6.61 Å². The molecule has 138 valence electrons. The molecule has 26 heavy (non-hydrogen) atoms. The minimum absolute atomic E-state index is 0.135. The van der Waals surface area contributed by atoms with Crippen LogP contribution >= 0.6 is 0 Å². The van der Waals surface area contributed by atoms with Crippen LogP contribution in [0.5, 0.6) is 5.75 Å². The van der Waals surface area contributed by atoms with Crippen molar-refractivity contribution in [2.45, 2.75) is 24.6 Å². The molecule has 2 N–H and O–H groups in total. The van der Waals surface area contributed by atoms with Gasteiger partial charge in [0.25, 0.3) is 0 Å². The molecule has 0 heterocycles. The fraction of sp³-hybridized carbons (Fsp3) is 0.316. The molecule has 1 aliphatic carbocycles. The molecule has 1 atom stereocenters. The van der Waals surface area contributed by atoms with Gasteiger partial charge in [-0.05, 0) is 29.7 Å². The topological polar surface area (TPSA) is 58.6 Å². The number of alkyl halides is 3. The second kappa shape index (κ2) is 6.64. The van der Waals surface area contributed by atoms with Gasteiger partial charge in [0.2, 0.25) is 11.5 Å². The van der Waals surface area contributed by atoms with Crippen LogP contribution in [0, 0.1) is 0 Å². The maximum absolute atomic E-state index is 13.7. The molecule has 0 aliphatic heterocycles. The molecule has 0 bridgehead atoms. The van der Waals surface area contributed by atoms with Crippen LogP contribution in [0.1, 0.15) is 24.0 Å². The first-order chi connectivity index (χ1) is 12.3. The number of ether oxygens (including phenoxy) is 1. The molecule has 1 aliphatic rings. The maximum Gasteiger partial charge on any atom is 0.425 e. The molecule has 1 amide bonds. The summed E-state index contributed by atoms with van der Waals surface area (Å²) in [5.41, 5.74) is -2.80. The number of halogens is 3. The Hall–Kier alpha value is -2.54. The molecule has 0 radical (unpaired) electrons. The molecular formula is C19H18F3NO3. The van der Waals surface area contributed by atoms with Crippen LogP contribution in [0.15, 0.2) is 42.5 Å². The number of amides is 1. The summed E-state index contributed by atoms with van der Waals surface area (Å²) in [4.78, 5) is 11.2. The number of rotatable bonds is 5. The largest absolute Gasteiger partial charge is 0.494 e. The van der Waals surface area contributed by atoms with E-state index in [1.165, 1.54) is 31.3 Å². The molecule has 2 aromatic rings. The highest BCUT2D eigenvalue weighted by Crippen LogP contribution is 2.55. The van der Waals surface area contributed by atoms with E-state index in [0.29, 0.717) is 17.5 Å². The van der Waals surface area contributed by atoms with Crippen molar-refractivity contribution in [1.29, 1.82) is 0 Å². The Bertz CT molecular complexity index is 835. The van der Waals surface area contributed by atoms with Crippen molar-refractivity contribution in [3.8, 4) is 16.9 Å². The van der Waals surface area contributed by atoms with E-state index in [9.17, 15) is 23.1 Å². The number of carbonyl (C=O) groups is 1. The van der Waals surface area contributed by atoms with Crippen molar-refractivity contribution in [1.82, 2.24) is 5.32 Å². The van der Waals surface area contributed by atoms with E-state index >= 15 is 0 Å². The van der Waals surface area contributed by atoms with E-state index in [2.05, 4.69) is 5.32 Å². The van der Waals surface area contributed by atoms with Gasteiger partial charge < -0.3 is 15.2 Å². The minimum Gasteiger partial charge on any atom is -0.494 e. The van der Waals surface area contributed by atoms with Crippen LogP contribution in [0.3, 0.4) is 0 Å². The van der Waals surface area contributed by atoms with Gasteiger partial charge in [0, 0.05) is 24.6 Å². The summed E-state index contributed by atoms with van der Waals surface area (Å²) in [5, 5.41) is 13.1. The first-order valence-electron chi connectivity index (χ1n) is 8.16.